The number of hydrogen-bond donors (Lipinski definition) is 1. The van der Waals surface area contributed by atoms with Crippen molar-refractivity contribution in [3.05, 3.63) is 42.0 Å². The zero-order valence-electron chi connectivity index (χ0n) is 11.5. The van der Waals surface area contributed by atoms with Crippen LogP contribution in [0, 0.1) is 0 Å². The van der Waals surface area contributed by atoms with Gasteiger partial charge in [0.2, 0.25) is 0 Å². The number of aromatic nitrogens is 1. The molecule has 3 heteroatoms. The first-order chi connectivity index (χ1) is 9.76. The molecule has 0 radical (unpaired) electrons. The number of carbonyl (C=O) groups excluding carboxylic acids is 1. The number of aryl methyl sites for hydroxylation is 1. The van der Waals surface area contributed by atoms with E-state index in [0.717, 1.165) is 46.6 Å². The molecule has 20 heavy (non-hydrogen) atoms. The van der Waals surface area contributed by atoms with Crippen molar-refractivity contribution in [3.8, 4) is 5.75 Å². The molecule has 3 rings (SSSR count). The number of aromatic hydroxyl groups is 1. The number of fused-ring (bicyclic) bond motifs is 3. The first-order valence-corrected chi connectivity index (χ1v) is 6.92. The van der Waals surface area contributed by atoms with Crippen LogP contribution in [0.1, 0.15) is 18.9 Å². The molecule has 1 heterocycles. The van der Waals surface area contributed by atoms with E-state index in [9.17, 15) is 9.90 Å². The smallest absolute Gasteiger partial charge is 0.125 e. The van der Waals surface area contributed by atoms with Crippen LogP contribution in [-0.2, 0) is 17.8 Å². The Bertz CT molecular complexity index is 786. The zero-order chi connectivity index (χ0) is 14.1. The average Bonchev–Trinajstić information content (AvgIpc) is 2.75. The molecule has 0 unspecified atom stereocenters. The van der Waals surface area contributed by atoms with E-state index in [1.54, 1.807) is 6.07 Å². The molecular formula is C17H17NO2. The first kappa shape index (κ1) is 12.7. The number of aldehydes is 1. The number of rotatable bonds is 4. The first-order valence-electron chi connectivity index (χ1n) is 6.92. The Balaban J connectivity index is 2.40. The highest BCUT2D eigenvalue weighted by atomic mass is 16.3. The van der Waals surface area contributed by atoms with Crippen LogP contribution < -0.4 is 0 Å². The number of carbonyl (C=O) groups is 1. The number of benzene rings is 2. The van der Waals surface area contributed by atoms with Crippen LogP contribution in [0.2, 0.25) is 0 Å². The predicted molar refractivity (Wildman–Crippen MR) is 81.2 cm³/mol. The van der Waals surface area contributed by atoms with E-state index in [-0.39, 0.29) is 0 Å². The van der Waals surface area contributed by atoms with Crippen LogP contribution >= 0.6 is 0 Å². The van der Waals surface area contributed by atoms with Gasteiger partial charge in [-0.2, -0.15) is 0 Å². The van der Waals surface area contributed by atoms with Crippen molar-refractivity contribution in [2.24, 2.45) is 0 Å². The molecule has 3 nitrogen and oxygen atoms in total. The summed E-state index contributed by atoms with van der Waals surface area (Å²) in [6.07, 6.45) is 2.35. The van der Waals surface area contributed by atoms with Gasteiger partial charge in [-0.15, -0.1) is 0 Å². The number of hydrogen-bond acceptors (Lipinski definition) is 2. The topological polar surface area (TPSA) is 42.2 Å². The van der Waals surface area contributed by atoms with Crippen LogP contribution in [0.3, 0.4) is 0 Å². The fourth-order valence-electron chi connectivity index (χ4n) is 2.87. The van der Waals surface area contributed by atoms with E-state index in [1.807, 2.05) is 30.3 Å². The standard InChI is InChI=1S/C17H17NO2/c1-2-9-18-14-7-6-12(8-10-19)11-13(14)17-15(18)4-3-5-16(17)20/h3-7,10-11,20H,2,8-9H2,1H3. The molecule has 0 aliphatic heterocycles. The molecule has 102 valence electrons. The third kappa shape index (κ3) is 1.86. The lowest BCUT2D eigenvalue weighted by atomic mass is 10.1. The number of phenolic OH excluding ortho intramolecular Hbond substituents is 1. The minimum atomic E-state index is 0.297. The van der Waals surface area contributed by atoms with Gasteiger partial charge in [-0.3, -0.25) is 0 Å². The molecule has 0 amide bonds. The Kier molecular flexibility index (Phi) is 3.18. The van der Waals surface area contributed by atoms with Gasteiger partial charge < -0.3 is 14.5 Å². The maximum Gasteiger partial charge on any atom is 0.125 e. The Labute approximate surface area is 117 Å². The Hall–Kier alpha value is -2.29. The highest BCUT2D eigenvalue weighted by Crippen LogP contribution is 2.35. The van der Waals surface area contributed by atoms with E-state index >= 15 is 0 Å². The summed E-state index contributed by atoms with van der Waals surface area (Å²) in [6, 6.07) is 11.7. The average molecular weight is 267 g/mol. The summed E-state index contributed by atoms with van der Waals surface area (Å²) in [5.41, 5.74) is 3.13. The van der Waals surface area contributed by atoms with Crippen LogP contribution in [0.4, 0.5) is 0 Å². The molecule has 0 bridgehead atoms. The van der Waals surface area contributed by atoms with Crippen LogP contribution in [-0.4, -0.2) is 16.0 Å². The summed E-state index contributed by atoms with van der Waals surface area (Å²) < 4.78 is 2.23. The molecule has 3 aromatic rings. The molecule has 0 aliphatic carbocycles. The molecular weight excluding hydrogens is 250 g/mol. The van der Waals surface area contributed by atoms with Crippen molar-refractivity contribution >= 4 is 28.1 Å². The van der Waals surface area contributed by atoms with Gasteiger partial charge in [0.1, 0.15) is 12.0 Å². The van der Waals surface area contributed by atoms with Crippen molar-refractivity contribution in [3.63, 3.8) is 0 Å². The number of phenols is 1. The largest absolute Gasteiger partial charge is 0.507 e. The van der Waals surface area contributed by atoms with Gasteiger partial charge in [-0.05, 0) is 36.2 Å². The minimum Gasteiger partial charge on any atom is -0.507 e. The van der Waals surface area contributed by atoms with Gasteiger partial charge in [0, 0.05) is 29.3 Å². The van der Waals surface area contributed by atoms with Gasteiger partial charge in [0.05, 0.1) is 5.52 Å². The summed E-state index contributed by atoms with van der Waals surface area (Å²) >= 11 is 0. The summed E-state index contributed by atoms with van der Waals surface area (Å²) in [5.74, 6) is 0.297. The quantitative estimate of drug-likeness (QED) is 0.733. The highest BCUT2D eigenvalue weighted by molar-refractivity contribution is 6.11. The normalized spacial score (nSPS) is 11.2. The highest BCUT2D eigenvalue weighted by Gasteiger charge is 2.13. The summed E-state index contributed by atoms with van der Waals surface area (Å²) in [7, 11) is 0. The summed E-state index contributed by atoms with van der Waals surface area (Å²) in [4.78, 5) is 10.7. The van der Waals surface area contributed by atoms with E-state index < -0.39 is 0 Å². The van der Waals surface area contributed by atoms with Gasteiger partial charge >= 0.3 is 0 Å². The second-order valence-electron chi connectivity index (χ2n) is 5.05. The van der Waals surface area contributed by atoms with Crippen LogP contribution in [0.15, 0.2) is 36.4 Å². The lowest BCUT2D eigenvalue weighted by Gasteiger charge is -2.05. The van der Waals surface area contributed by atoms with E-state index in [4.69, 9.17) is 0 Å². The second kappa shape index (κ2) is 5.00. The molecule has 0 fully saturated rings. The fourth-order valence-corrected chi connectivity index (χ4v) is 2.87. The van der Waals surface area contributed by atoms with E-state index in [2.05, 4.69) is 11.5 Å². The number of nitrogens with zero attached hydrogens (tertiary/aromatic N) is 1. The molecule has 1 N–H and O–H groups in total. The van der Waals surface area contributed by atoms with Crippen LogP contribution in [0.25, 0.3) is 21.8 Å². The fraction of sp³-hybridized carbons (Fsp3) is 0.235. The lowest BCUT2D eigenvalue weighted by molar-refractivity contribution is -0.107. The molecule has 0 aliphatic rings. The Morgan fingerprint density at radius 2 is 2.05 bits per heavy atom. The second-order valence-corrected chi connectivity index (χ2v) is 5.05. The monoisotopic (exact) mass is 267 g/mol. The van der Waals surface area contributed by atoms with Gasteiger partial charge in [0.25, 0.3) is 0 Å². The van der Waals surface area contributed by atoms with Crippen molar-refractivity contribution in [2.45, 2.75) is 26.3 Å². The van der Waals surface area contributed by atoms with Gasteiger partial charge in [0.15, 0.2) is 0 Å². The predicted octanol–water partition coefficient (Wildman–Crippen LogP) is 3.65. The van der Waals surface area contributed by atoms with Gasteiger partial charge in [-0.25, -0.2) is 0 Å². The zero-order valence-corrected chi connectivity index (χ0v) is 11.5. The van der Waals surface area contributed by atoms with Crippen molar-refractivity contribution in [2.75, 3.05) is 0 Å². The Morgan fingerprint density at radius 1 is 1.20 bits per heavy atom. The summed E-state index contributed by atoms with van der Waals surface area (Å²) in [5, 5.41) is 12.1. The molecule has 0 saturated heterocycles. The summed E-state index contributed by atoms with van der Waals surface area (Å²) in [6.45, 7) is 3.05. The molecule has 1 aromatic heterocycles. The molecule has 0 spiro atoms. The maximum absolute atomic E-state index is 10.7. The van der Waals surface area contributed by atoms with Crippen molar-refractivity contribution in [1.82, 2.24) is 4.57 Å². The Morgan fingerprint density at radius 3 is 2.80 bits per heavy atom. The SMILES string of the molecule is CCCn1c2ccc(CC=O)cc2c2c(O)cccc21. The lowest BCUT2D eigenvalue weighted by Crippen LogP contribution is -1.95. The van der Waals surface area contributed by atoms with E-state index in [0.29, 0.717) is 12.2 Å². The van der Waals surface area contributed by atoms with Crippen LogP contribution in [0.5, 0.6) is 5.75 Å². The molecule has 0 saturated carbocycles. The van der Waals surface area contributed by atoms with Gasteiger partial charge in [-0.1, -0.05) is 19.1 Å². The maximum atomic E-state index is 10.7. The van der Waals surface area contributed by atoms with Crippen molar-refractivity contribution in [1.29, 1.82) is 0 Å². The third-order valence-electron chi connectivity index (χ3n) is 3.70. The van der Waals surface area contributed by atoms with Crippen molar-refractivity contribution < 1.29 is 9.90 Å². The van der Waals surface area contributed by atoms with E-state index in [1.165, 1.54) is 0 Å². The molecule has 2 aromatic carbocycles. The minimum absolute atomic E-state index is 0.297. The molecule has 0 atom stereocenters. The third-order valence-corrected chi connectivity index (χ3v) is 3.70.